The molecule has 1 aromatic carbocycles. The third kappa shape index (κ3) is 3.17. The topological polar surface area (TPSA) is 58.2 Å². The minimum Gasteiger partial charge on any atom is -0.302 e. The predicted octanol–water partition coefficient (Wildman–Crippen LogP) is 1.65. The number of imide groups is 1. The van der Waals surface area contributed by atoms with E-state index in [1.807, 2.05) is 19.1 Å². The first-order chi connectivity index (χ1) is 8.56. The summed E-state index contributed by atoms with van der Waals surface area (Å²) in [6.07, 6.45) is 0.975. The van der Waals surface area contributed by atoms with E-state index in [0.29, 0.717) is 19.4 Å². The fourth-order valence-corrected chi connectivity index (χ4v) is 2.19. The van der Waals surface area contributed by atoms with E-state index < -0.39 is 0 Å². The second-order valence-corrected chi connectivity index (χ2v) is 5.32. The smallest absolute Gasteiger partial charge is 0.243 e. The van der Waals surface area contributed by atoms with Crippen LogP contribution in [0.5, 0.6) is 0 Å². The molecule has 2 rings (SSSR count). The zero-order chi connectivity index (χ0) is 13.1. The monoisotopic (exact) mass is 310 g/mol. The highest BCUT2D eigenvalue weighted by molar-refractivity contribution is 9.10. The van der Waals surface area contributed by atoms with Crippen molar-refractivity contribution in [3.05, 3.63) is 33.8 Å². The van der Waals surface area contributed by atoms with Crippen LogP contribution < -0.4 is 10.6 Å². The van der Waals surface area contributed by atoms with Crippen LogP contribution in [0.3, 0.4) is 0 Å². The lowest BCUT2D eigenvalue weighted by molar-refractivity contribution is -0.134. The minimum absolute atomic E-state index is 0.183. The van der Waals surface area contributed by atoms with Gasteiger partial charge in [0.1, 0.15) is 0 Å². The Kier molecular flexibility index (Phi) is 4.14. The number of carbonyl (C=O) groups excluding carboxylic acids is 2. The Balaban J connectivity index is 1.93. The molecule has 4 nitrogen and oxygen atoms in total. The molecule has 1 saturated heterocycles. The first-order valence-corrected chi connectivity index (χ1v) is 6.67. The number of piperidine rings is 1. The van der Waals surface area contributed by atoms with Crippen molar-refractivity contribution in [1.29, 1.82) is 0 Å². The lowest BCUT2D eigenvalue weighted by Gasteiger charge is -2.22. The van der Waals surface area contributed by atoms with Crippen molar-refractivity contribution in [2.45, 2.75) is 32.4 Å². The summed E-state index contributed by atoms with van der Waals surface area (Å²) < 4.78 is 1.08. The van der Waals surface area contributed by atoms with Gasteiger partial charge in [-0.25, -0.2) is 0 Å². The van der Waals surface area contributed by atoms with Crippen LogP contribution in [0.1, 0.15) is 24.0 Å². The first-order valence-electron chi connectivity index (χ1n) is 5.88. The molecule has 1 aliphatic heterocycles. The highest BCUT2D eigenvalue weighted by Gasteiger charge is 2.25. The van der Waals surface area contributed by atoms with Crippen LogP contribution >= 0.6 is 15.9 Å². The van der Waals surface area contributed by atoms with Gasteiger partial charge in [0.05, 0.1) is 6.04 Å². The van der Waals surface area contributed by atoms with Crippen LogP contribution in [-0.2, 0) is 16.1 Å². The van der Waals surface area contributed by atoms with E-state index in [1.54, 1.807) is 0 Å². The Morgan fingerprint density at radius 2 is 2.22 bits per heavy atom. The summed E-state index contributed by atoms with van der Waals surface area (Å²) in [6.45, 7) is 2.65. The van der Waals surface area contributed by atoms with Gasteiger partial charge in [-0.15, -0.1) is 0 Å². The Morgan fingerprint density at radius 3 is 2.89 bits per heavy atom. The summed E-state index contributed by atoms with van der Waals surface area (Å²) in [5.74, 6) is -0.405. The van der Waals surface area contributed by atoms with Crippen molar-refractivity contribution < 1.29 is 9.59 Å². The van der Waals surface area contributed by atoms with E-state index in [2.05, 4.69) is 32.6 Å². The number of aryl methyl sites for hydroxylation is 1. The van der Waals surface area contributed by atoms with Gasteiger partial charge in [-0.05, 0) is 30.5 Å². The maximum Gasteiger partial charge on any atom is 0.243 e. The van der Waals surface area contributed by atoms with E-state index in [-0.39, 0.29) is 17.9 Å². The number of carbonyl (C=O) groups is 2. The van der Waals surface area contributed by atoms with Gasteiger partial charge < -0.3 is 5.32 Å². The lowest BCUT2D eigenvalue weighted by atomic mass is 10.1. The third-order valence-electron chi connectivity index (χ3n) is 3.01. The van der Waals surface area contributed by atoms with Gasteiger partial charge in [0.15, 0.2) is 0 Å². The fraction of sp³-hybridized carbons (Fsp3) is 0.385. The van der Waals surface area contributed by atoms with E-state index in [1.165, 1.54) is 0 Å². The molecule has 0 bridgehead atoms. The molecule has 1 atom stereocenters. The molecule has 0 spiro atoms. The molecule has 1 aromatic rings. The van der Waals surface area contributed by atoms with Gasteiger partial charge in [-0.1, -0.05) is 28.1 Å². The zero-order valence-electron chi connectivity index (χ0n) is 10.1. The molecular weight excluding hydrogens is 296 g/mol. The summed E-state index contributed by atoms with van der Waals surface area (Å²) in [5.41, 5.74) is 2.29. The largest absolute Gasteiger partial charge is 0.302 e. The average molecular weight is 311 g/mol. The number of nitrogens with one attached hydrogen (secondary N) is 2. The van der Waals surface area contributed by atoms with Crippen LogP contribution in [0.25, 0.3) is 0 Å². The van der Waals surface area contributed by atoms with Crippen molar-refractivity contribution in [2.75, 3.05) is 0 Å². The summed E-state index contributed by atoms with van der Waals surface area (Å²) in [7, 11) is 0. The summed E-state index contributed by atoms with van der Waals surface area (Å²) >= 11 is 3.45. The second-order valence-electron chi connectivity index (χ2n) is 4.47. The molecule has 1 fully saturated rings. The number of hydrogen-bond donors (Lipinski definition) is 2. The minimum atomic E-state index is -0.272. The van der Waals surface area contributed by atoms with E-state index in [9.17, 15) is 9.59 Å². The van der Waals surface area contributed by atoms with Crippen LogP contribution in [0, 0.1) is 6.92 Å². The molecule has 0 radical (unpaired) electrons. The van der Waals surface area contributed by atoms with Crippen LogP contribution in [-0.4, -0.2) is 17.9 Å². The molecule has 18 heavy (non-hydrogen) atoms. The maximum absolute atomic E-state index is 11.5. The third-order valence-corrected chi connectivity index (χ3v) is 3.90. The van der Waals surface area contributed by atoms with Gasteiger partial charge in [-0.2, -0.15) is 0 Å². The molecule has 2 amide bonds. The molecule has 0 aromatic heterocycles. The summed E-state index contributed by atoms with van der Waals surface area (Å²) in [5, 5.41) is 5.51. The van der Waals surface area contributed by atoms with Crippen molar-refractivity contribution in [1.82, 2.24) is 10.6 Å². The predicted molar refractivity (Wildman–Crippen MR) is 71.9 cm³/mol. The molecule has 1 unspecified atom stereocenters. The summed E-state index contributed by atoms with van der Waals surface area (Å²) in [6, 6.07) is 5.81. The Hall–Kier alpha value is -1.20. The van der Waals surface area contributed by atoms with Gasteiger partial charge in [0.2, 0.25) is 11.8 Å². The molecule has 5 heteroatoms. The average Bonchev–Trinajstić information content (AvgIpc) is 2.32. The Labute approximate surface area is 114 Å². The molecule has 0 saturated carbocycles. The van der Waals surface area contributed by atoms with Crippen molar-refractivity contribution >= 4 is 27.7 Å². The number of rotatable bonds is 3. The van der Waals surface area contributed by atoms with Crippen molar-refractivity contribution in [3.8, 4) is 0 Å². The highest BCUT2D eigenvalue weighted by atomic mass is 79.9. The second kappa shape index (κ2) is 5.63. The van der Waals surface area contributed by atoms with Crippen molar-refractivity contribution in [2.24, 2.45) is 0 Å². The highest BCUT2D eigenvalue weighted by Crippen LogP contribution is 2.17. The number of amides is 2. The van der Waals surface area contributed by atoms with Crippen molar-refractivity contribution in [3.63, 3.8) is 0 Å². The van der Waals surface area contributed by atoms with Crippen LogP contribution in [0.15, 0.2) is 22.7 Å². The number of hydrogen-bond acceptors (Lipinski definition) is 3. The molecule has 2 N–H and O–H groups in total. The molecular formula is C13H15BrN2O2. The van der Waals surface area contributed by atoms with Gasteiger partial charge in [0.25, 0.3) is 0 Å². The molecule has 1 heterocycles. The quantitative estimate of drug-likeness (QED) is 0.835. The number of halogens is 1. The normalized spacial score (nSPS) is 19.8. The van der Waals surface area contributed by atoms with Gasteiger partial charge in [-0.3, -0.25) is 14.9 Å². The first kappa shape index (κ1) is 13.2. The number of benzene rings is 1. The van der Waals surface area contributed by atoms with E-state index >= 15 is 0 Å². The Bertz CT molecular complexity index is 488. The van der Waals surface area contributed by atoms with E-state index in [4.69, 9.17) is 0 Å². The van der Waals surface area contributed by atoms with Crippen LogP contribution in [0.2, 0.25) is 0 Å². The SMILES string of the molecule is Cc1cc(CNC2CCC(=O)NC2=O)ccc1Br. The van der Waals surface area contributed by atoms with Gasteiger partial charge in [0, 0.05) is 17.4 Å². The fourth-order valence-electron chi connectivity index (χ4n) is 1.95. The lowest BCUT2D eigenvalue weighted by Crippen LogP contribution is -2.50. The van der Waals surface area contributed by atoms with E-state index in [0.717, 1.165) is 15.6 Å². The Morgan fingerprint density at radius 1 is 1.44 bits per heavy atom. The maximum atomic E-state index is 11.5. The molecule has 0 aliphatic carbocycles. The standard InChI is InChI=1S/C13H15BrN2O2/c1-8-6-9(2-3-10(8)14)7-15-11-4-5-12(17)16-13(11)18/h2-3,6,11,15H,4-5,7H2,1H3,(H,16,17,18). The summed E-state index contributed by atoms with van der Waals surface area (Å²) in [4.78, 5) is 22.6. The van der Waals surface area contributed by atoms with Gasteiger partial charge >= 0.3 is 0 Å². The molecule has 1 aliphatic rings. The molecule has 96 valence electrons. The van der Waals surface area contributed by atoms with Crippen LogP contribution in [0.4, 0.5) is 0 Å². The zero-order valence-corrected chi connectivity index (χ0v) is 11.7.